The van der Waals surface area contributed by atoms with E-state index in [4.69, 9.17) is 18.0 Å². The summed E-state index contributed by atoms with van der Waals surface area (Å²) in [4.78, 5) is 2.00. The molecule has 0 unspecified atom stereocenters. The molecule has 0 saturated carbocycles. The molecule has 0 atom stereocenters. The van der Waals surface area contributed by atoms with Crippen molar-refractivity contribution in [3.63, 3.8) is 0 Å². The molecule has 0 spiro atoms. The Labute approximate surface area is 158 Å². The van der Waals surface area contributed by atoms with Crippen molar-refractivity contribution < 1.29 is 0 Å². The fourth-order valence-electron chi connectivity index (χ4n) is 3.39. The second kappa shape index (κ2) is 8.01. The summed E-state index contributed by atoms with van der Waals surface area (Å²) in [6.45, 7) is 10.8. The van der Waals surface area contributed by atoms with Crippen LogP contribution < -0.4 is 10.6 Å². The first-order valence-electron chi connectivity index (χ1n) is 9.06. The van der Waals surface area contributed by atoms with E-state index in [2.05, 4.69) is 77.1 Å². The number of benzene rings is 2. The summed E-state index contributed by atoms with van der Waals surface area (Å²) in [5.74, 6) is 0. The molecule has 2 aromatic rings. The highest BCUT2D eigenvalue weighted by Gasteiger charge is 2.24. The molecule has 0 aliphatic rings. The molecule has 2 N–H and O–H groups in total. The predicted molar refractivity (Wildman–Crippen MR) is 113 cm³/mol. The maximum absolute atomic E-state index is 5.95. The van der Waals surface area contributed by atoms with Crippen LogP contribution in [0.3, 0.4) is 0 Å². The summed E-state index contributed by atoms with van der Waals surface area (Å²) in [7, 11) is 0. The minimum atomic E-state index is -0.141. The molecule has 2 aromatic carbocycles. The normalized spacial score (nSPS) is 11.4. The van der Waals surface area contributed by atoms with E-state index >= 15 is 0 Å². The van der Waals surface area contributed by atoms with Gasteiger partial charge in [0.15, 0.2) is 5.11 Å². The van der Waals surface area contributed by atoms with E-state index < -0.39 is 0 Å². The monoisotopic (exact) mass is 354 g/mol. The number of nitrogens with zero attached hydrogens (tertiary/aromatic N) is 1. The highest BCUT2D eigenvalue weighted by molar-refractivity contribution is 7.80. The first kappa shape index (κ1) is 19.5. The lowest BCUT2D eigenvalue weighted by Crippen LogP contribution is -2.48. The van der Waals surface area contributed by atoms with Gasteiger partial charge in [0.25, 0.3) is 0 Å². The van der Waals surface area contributed by atoms with Gasteiger partial charge < -0.3 is 10.6 Å². The lowest BCUT2D eigenvalue weighted by atomic mass is 9.92. The zero-order valence-electron chi connectivity index (χ0n) is 16.1. The third-order valence-electron chi connectivity index (χ3n) is 4.60. The van der Waals surface area contributed by atoms with Gasteiger partial charge in [-0.25, -0.2) is 0 Å². The van der Waals surface area contributed by atoms with Gasteiger partial charge in [0.05, 0.1) is 0 Å². The first-order chi connectivity index (χ1) is 11.8. The van der Waals surface area contributed by atoms with Crippen molar-refractivity contribution >= 4 is 23.0 Å². The SMILES string of the molecule is CCc1cccc(CC)c1Cc1ccc(N(C(N)=S)C(C)(C)C)cc1. The Hall–Kier alpha value is -1.87. The van der Waals surface area contributed by atoms with Crippen molar-refractivity contribution in [3.8, 4) is 0 Å². The maximum atomic E-state index is 5.95. The Morgan fingerprint density at radius 3 is 1.88 bits per heavy atom. The Morgan fingerprint density at radius 1 is 0.960 bits per heavy atom. The summed E-state index contributed by atoms with van der Waals surface area (Å²) in [5.41, 5.74) is 12.5. The molecular weight excluding hydrogens is 324 g/mol. The molecule has 0 aromatic heterocycles. The second-order valence-corrected chi connectivity index (χ2v) is 7.87. The lowest BCUT2D eigenvalue weighted by molar-refractivity contribution is 0.572. The number of hydrogen-bond donors (Lipinski definition) is 1. The molecule has 0 aliphatic heterocycles. The van der Waals surface area contributed by atoms with Gasteiger partial charge >= 0.3 is 0 Å². The van der Waals surface area contributed by atoms with Crippen molar-refractivity contribution in [1.82, 2.24) is 0 Å². The van der Waals surface area contributed by atoms with Gasteiger partial charge in [0, 0.05) is 11.2 Å². The molecule has 25 heavy (non-hydrogen) atoms. The first-order valence-corrected chi connectivity index (χ1v) is 9.47. The largest absolute Gasteiger partial charge is 0.376 e. The Morgan fingerprint density at radius 2 is 1.48 bits per heavy atom. The third kappa shape index (κ3) is 4.60. The van der Waals surface area contributed by atoms with E-state index in [0.29, 0.717) is 5.11 Å². The molecule has 0 fully saturated rings. The highest BCUT2D eigenvalue weighted by Crippen LogP contribution is 2.26. The minimum absolute atomic E-state index is 0.141. The van der Waals surface area contributed by atoms with Gasteiger partial charge in [-0.3, -0.25) is 0 Å². The third-order valence-corrected chi connectivity index (χ3v) is 4.78. The van der Waals surface area contributed by atoms with E-state index in [9.17, 15) is 0 Å². The van der Waals surface area contributed by atoms with Crippen LogP contribution in [0, 0.1) is 0 Å². The van der Waals surface area contributed by atoms with Crippen LogP contribution in [-0.2, 0) is 19.3 Å². The molecule has 0 heterocycles. The Kier molecular flexibility index (Phi) is 6.23. The van der Waals surface area contributed by atoms with Crippen LogP contribution in [0.4, 0.5) is 5.69 Å². The Balaban J connectivity index is 2.32. The quantitative estimate of drug-likeness (QED) is 0.744. The van der Waals surface area contributed by atoms with Crippen molar-refractivity contribution in [2.45, 2.75) is 59.4 Å². The highest BCUT2D eigenvalue weighted by atomic mass is 32.1. The van der Waals surface area contributed by atoms with Gasteiger partial charge in [-0.2, -0.15) is 0 Å². The average molecular weight is 355 g/mol. The molecule has 3 heteroatoms. The molecular formula is C22H30N2S. The van der Waals surface area contributed by atoms with Crippen LogP contribution in [0.2, 0.25) is 0 Å². The van der Waals surface area contributed by atoms with E-state index in [0.717, 1.165) is 24.9 Å². The molecule has 0 saturated heterocycles. The van der Waals surface area contributed by atoms with Crippen molar-refractivity contribution in [2.75, 3.05) is 4.90 Å². The van der Waals surface area contributed by atoms with Crippen LogP contribution in [0.1, 0.15) is 56.9 Å². The topological polar surface area (TPSA) is 29.3 Å². The summed E-state index contributed by atoms with van der Waals surface area (Å²) < 4.78 is 0. The zero-order valence-corrected chi connectivity index (χ0v) is 16.9. The van der Waals surface area contributed by atoms with Crippen LogP contribution in [0.15, 0.2) is 42.5 Å². The summed E-state index contributed by atoms with van der Waals surface area (Å²) in [6, 6.07) is 15.3. The molecule has 0 radical (unpaired) electrons. The summed E-state index contributed by atoms with van der Waals surface area (Å²) in [5, 5.41) is 0.407. The predicted octanol–water partition coefficient (Wildman–Crippen LogP) is 5.25. The molecule has 0 aliphatic carbocycles. The lowest BCUT2D eigenvalue weighted by Gasteiger charge is -2.36. The van der Waals surface area contributed by atoms with Gasteiger partial charge in [0.2, 0.25) is 0 Å². The number of rotatable bonds is 5. The van der Waals surface area contributed by atoms with Crippen LogP contribution in [0.5, 0.6) is 0 Å². The van der Waals surface area contributed by atoms with E-state index in [1.807, 2.05) is 4.90 Å². The van der Waals surface area contributed by atoms with Crippen LogP contribution in [0.25, 0.3) is 0 Å². The second-order valence-electron chi connectivity index (χ2n) is 7.45. The molecule has 134 valence electrons. The smallest absolute Gasteiger partial charge is 0.171 e. The average Bonchev–Trinajstić information content (AvgIpc) is 2.55. The fraction of sp³-hybridized carbons (Fsp3) is 0.409. The van der Waals surface area contributed by atoms with Crippen molar-refractivity contribution in [3.05, 3.63) is 64.7 Å². The molecule has 2 nitrogen and oxygen atoms in total. The van der Waals surface area contributed by atoms with Gasteiger partial charge in [-0.15, -0.1) is 0 Å². The van der Waals surface area contributed by atoms with E-state index in [-0.39, 0.29) is 5.54 Å². The van der Waals surface area contributed by atoms with E-state index in [1.54, 1.807) is 0 Å². The maximum Gasteiger partial charge on any atom is 0.171 e. The fourth-order valence-corrected chi connectivity index (χ4v) is 3.77. The number of aryl methyl sites for hydroxylation is 2. The molecule has 2 rings (SSSR count). The number of nitrogens with two attached hydrogens (primary N) is 1. The number of thiocarbonyl (C=S) groups is 1. The van der Waals surface area contributed by atoms with Gasteiger partial charge in [-0.1, -0.05) is 44.2 Å². The standard InChI is InChI=1S/C22H30N2S/c1-6-17-9-8-10-18(7-2)20(17)15-16-11-13-19(14-12-16)24(21(23)25)22(3,4)5/h8-14H,6-7,15H2,1-5H3,(H2,23,25). The zero-order chi connectivity index (χ0) is 18.6. The summed E-state index contributed by atoms with van der Waals surface area (Å²) >= 11 is 5.25. The molecule has 0 bridgehead atoms. The molecule has 0 amide bonds. The van der Waals surface area contributed by atoms with Gasteiger partial charge in [0.1, 0.15) is 0 Å². The number of anilines is 1. The van der Waals surface area contributed by atoms with Gasteiger partial charge in [-0.05, 0) is 86.6 Å². The number of hydrogen-bond acceptors (Lipinski definition) is 1. The minimum Gasteiger partial charge on any atom is -0.376 e. The Bertz CT molecular complexity index is 704. The van der Waals surface area contributed by atoms with E-state index in [1.165, 1.54) is 22.3 Å². The van der Waals surface area contributed by atoms with Crippen molar-refractivity contribution in [2.24, 2.45) is 5.73 Å². The van der Waals surface area contributed by atoms with Crippen LogP contribution in [-0.4, -0.2) is 10.7 Å². The van der Waals surface area contributed by atoms with Crippen molar-refractivity contribution in [1.29, 1.82) is 0 Å². The summed E-state index contributed by atoms with van der Waals surface area (Å²) in [6.07, 6.45) is 3.11. The van der Waals surface area contributed by atoms with Crippen LogP contribution >= 0.6 is 12.2 Å².